The quantitative estimate of drug-likeness (QED) is 0.346. The van der Waals surface area contributed by atoms with E-state index in [4.69, 9.17) is 22.1 Å². The molecule has 2 fully saturated rings. The summed E-state index contributed by atoms with van der Waals surface area (Å²) in [5.41, 5.74) is 7.54. The van der Waals surface area contributed by atoms with E-state index in [2.05, 4.69) is 64.1 Å². The molecule has 0 aromatic heterocycles. The van der Waals surface area contributed by atoms with Crippen LogP contribution in [0, 0.1) is 11.8 Å². The second-order valence-electron chi connectivity index (χ2n) is 9.06. The number of amides is 2. The van der Waals surface area contributed by atoms with Gasteiger partial charge in [-0.1, -0.05) is 65.9 Å². The summed E-state index contributed by atoms with van der Waals surface area (Å²) < 4.78 is 6.13. The van der Waals surface area contributed by atoms with Crippen LogP contribution in [0.1, 0.15) is 36.4 Å². The summed E-state index contributed by atoms with van der Waals surface area (Å²) >= 11 is 6.15. The Morgan fingerprint density at radius 2 is 1.77 bits per heavy atom. The first-order valence-electron chi connectivity index (χ1n) is 12.2. The number of nitrogens with zero attached hydrogens (tertiary/aromatic N) is 3. The van der Waals surface area contributed by atoms with Crippen LogP contribution < -0.4 is 5.73 Å². The standard InChI is InChI=1S/C27H33ClN4O3/c28-23-11-9-22(10-12-23)26(21-6-2-1-3-7-21)31-18-16-30(17-19-31)20-25-14-13-24(35-25)8-4-5-15-32(34)27(29)33/h1-3,6-7,9-12,24-26,34H,5,13-20H2,(H2,29,33). The van der Waals surface area contributed by atoms with Crippen molar-refractivity contribution in [2.24, 2.45) is 5.73 Å². The molecule has 0 aliphatic carbocycles. The summed E-state index contributed by atoms with van der Waals surface area (Å²) in [7, 11) is 0. The van der Waals surface area contributed by atoms with Crippen molar-refractivity contribution in [2.75, 3.05) is 39.3 Å². The van der Waals surface area contributed by atoms with Gasteiger partial charge in [0, 0.05) is 44.2 Å². The van der Waals surface area contributed by atoms with Crippen molar-refractivity contribution in [3.63, 3.8) is 0 Å². The van der Waals surface area contributed by atoms with Gasteiger partial charge in [-0.05, 0) is 36.1 Å². The molecule has 3 unspecified atom stereocenters. The Hall–Kier alpha value is -2.60. The fourth-order valence-corrected chi connectivity index (χ4v) is 4.92. The van der Waals surface area contributed by atoms with E-state index in [1.54, 1.807) is 0 Å². The molecular formula is C27H33ClN4O3. The van der Waals surface area contributed by atoms with Crippen molar-refractivity contribution < 1.29 is 14.7 Å². The van der Waals surface area contributed by atoms with Gasteiger partial charge in [0.2, 0.25) is 0 Å². The van der Waals surface area contributed by atoms with Gasteiger partial charge in [-0.15, -0.1) is 0 Å². The summed E-state index contributed by atoms with van der Waals surface area (Å²) in [6, 6.07) is 18.2. The van der Waals surface area contributed by atoms with Gasteiger partial charge < -0.3 is 10.5 Å². The van der Waals surface area contributed by atoms with Crippen LogP contribution in [0.2, 0.25) is 5.02 Å². The molecule has 2 aromatic carbocycles. The molecule has 7 nitrogen and oxygen atoms in total. The number of carbonyl (C=O) groups is 1. The molecule has 2 amide bonds. The first kappa shape index (κ1) is 25.5. The lowest BCUT2D eigenvalue weighted by atomic mass is 9.96. The predicted octanol–water partition coefficient (Wildman–Crippen LogP) is 3.76. The summed E-state index contributed by atoms with van der Waals surface area (Å²) in [6.45, 7) is 4.96. The highest BCUT2D eigenvalue weighted by atomic mass is 35.5. The molecule has 2 heterocycles. The van der Waals surface area contributed by atoms with Crippen LogP contribution in [0.15, 0.2) is 54.6 Å². The zero-order valence-electron chi connectivity index (χ0n) is 19.9. The minimum absolute atomic E-state index is 0.0885. The first-order valence-corrected chi connectivity index (χ1v) is 12.5. The maximum atomic E-state index is 10.8. The number of primary amides is 1. The number of hydroxylamine groups is 2. The van der Waals surface area contributed by atoms with Crippen LogP contribution in [-0.2, 0) is 4.74 Å². The molecule has 4 rings (SSSR count). The molecule has 0 spiro atoms. The fourth-order valence-electron chi connectivity index (χ4n) is 4.79. The van der Waals surface area contributed by atoms with Crippen LogP contribution in [0.25, 0.3) is 0 Å². The lowest BCUT2D eigenvalue weighted by Crippen LogP contribution is -2.49. The Kier molecular flexibility index (Phi) is 9.02. The molecule has 8 heteroatoms. The van der Waals surface area contributed by atoms with Gasteiger partial charge in [-0.3, -0.25) is 15.0 Å². The molecule has 2 aliphatic rings. The Balaban J connectivity index is 1.27. The average Bonchev–Trinajstić information content (AvgIpc) is 3.32. The monoisotopic (exact) mass is 496 g/mol. The smallest absolute Gasteiger partial charge is 0.338 e. The minimum Gasteiger partial charge on any atom is -0.361 e. The van der Waals surface area contributed by atoms with Gasteiger partial charge in [-0.25, -0.2) is 9.86 Å². The Morgan fingerprint density at radius 1 is 1.09 bits per heavy atom. The first-order chi connectivity index (χ1) is 17.0. The van der Waals surface area contributed by atoms with Gasteiger partial charge in [0.1, 0.15) is 6.10 Å². The minimum atomic E-state index is -0.868. The number of rotatable bonds is 7. The third-order valence-electron chi connectivity index (χ3n) is 6.61. The third-order valence-corrected chi connectivity index (χ3v) is 6.86. The number of urea groups is 1. The van der Waals surface area contributed by atoms with E-state index in [0.29, 0.717) is 11.5 Å². The number of carbonyl (C=O) groups excluding carboxylic acids is 1. The number of halogens is 1. The lowest BCUT2D eigenvalue weighted by Gasteiger charge is -2.40. The molecule has 2 saturated heterocycles. The van der Waals surface area contributed by atoms with E-state index in [-0.39, 0.29) is 24.8 Å². The van der Waals surface area contributed by atoms with Gasteiger partial charge in [-0.2, -0.15) is 0 Å². The number of nitrogens with two attached hydrogens (primary N) is 1. The molecule has 35 heavy (non-hydrogen) atoms. The maximum Gasteiger partial charge on any atom is 0.338 e. The third kappa shape index (κ3) is 7.20. The normalized spacial score (nSPS) is 21.8. The van der Waals surface area contributed by atoms with Crippen molar-refractivity contribution in [2.45, 2.75) is 37.5 Å². The lowest BCUT2D eigenvalue weighted by molar-refractivity contribution is -0.0373. The van der Waals surface area contributed by atoms with Crippen LogP contribution in [0.3, 0.4) is 0 Å². The average molecular weight is 497 g/mol. The molecular weight excluding hydrogens is 464 g/mol. The van der Waals surface area contributed by atoms with Gasteiger partial charge in [0.25, 0.3) is 0 Å². The second kappa shape index (κ2) is 12.4. The van der Waals surface area contributed by atoms with Crippen molar-refractivity contribution in [1.82, 2.24) is 14.9 Å². The van der Waals surface area contributed by atoms with Crippen molar-refractivity contribution in [3.05, 3.63) is 70.7 Å². The van der Waals surface area contributed by atoms with Gasteiger partial charge in [0.15, 0.2) is 0 Å². The number of benzene rings is 2. The highest BCUT2D eigenvalue weighted by Gasteiger charge is 2.30. The van der Waals surface area contributed by atoms with E-state index in [1.807, 2.05) is 12.1 Å². The maximum absolute atomic E-state index is 10.8. The molecule has 2 aromatic rings. The molecule has 186 valence electrons. The van der Waals surface area contributed by atoms with Gasteiger partial charge >= 0.3 is 6.03 Å². The van der Waals surface area contributed by atoms with E-state index in [0.717, 1.165) is 50.6 Å². The van der Waals surface area contributed by atoms with Crippen molar-refractivity contribution in [3.8, 4) is 11.8 Å². The number of piperazine rings is 1. The topological polar surface area (TPSA) is 82.3 Å². The van der Waals surface area contributed by atoms with E-state index in [1.165, 1.54) is 11.1 Å². The molecule has 0 saturated carbocycles. The van der Waals surface area contributed by atoms with E-state index in [9.17, 15) is 10.0 Å². The molecule has 2 aliphatic heterocycles. The SMILES string of the molecule is NC(=O)N(O)CCC#CC1CCC(CN2CCN(C(c3ccccc3)c3ccc(Cl)cc3)CC2)O1. The predicted molar refractivity (Wildman–Crippen MR) is 136 cm³/mol. The number of hydrogen-bond donors (Lipinski definition) is 2. The zero-order chi connectivity index (χ0) is 24.6. The Morgan fingerprint density at radius 3 is 2.46 bits per heavy atom. The summed E-state index contributed by atoms with van der Waals surface area (Å²) in [5.74, 6) is 6.08. The Labute approximate surface area is 212 Å². The van der Waals surface area contributed by atoms with E-state index < -0.39 is 6.03 Å². The van der Waals surface area contributed by atoms with Gasteiger partial charge in [0.05, 0.1) is 18.7 Å². The van der Waals surface area contributed by atoms with Crippen LogP contribution in [0.5, 0.6) is 0 Å². The molecule has 0 bridgehead atoms. The number of ether oxygens (including phenoxy) is 1. The van der Waals surface area contributed by atoms with Crippen molar-refractivity contribution in [1.29, 1.82) is 0 Å². The molecule has 0 radical (unpaired) electrons. The largest absolute Gasteiger partial charge is 0.361 e. The number of hydrogen-bond acceptors (Lipinski definition) is 5. The molecule has 3 atom stereocenters. The Bertz CT molecular complexity index is 1020. The summed E-state index contributed by atoms with van der Waals surface area (Å²) in [6.07, 6.45) is 2.35. The van der Waals surface area contributed by atoms with Crippen molar-refractivity contribution >= 4 is 17.6 Å². The van der Waals surface area contributed by atoms with Crippen LogP contribution in [0.4, 0.5) is 4.79 Å². The second-order valence-corrected chi connectivity index (χ2v) is 9.49. The summed E-state index contributed by atoms with van der Waals surface area (Å²) in [5, 5.41) is 10.5. The fraction of sp³-hybridized carbons (Fsp3) is 0.444. The van der Waals surface area contributed by atoms with E-state index >= 15 is 0 Å². The summed E-state index contributed by atoms with van der Waals surface area (Å²) in [4.78, 5) is 15.8. The molecule has 3 N–H and O–H groups in total. The van der Waals surface area contributed by atoms with Crippen LogP contribution in [-0.4, -0.2) is 77.6 Å². The highest BCUT2D eigenvalue weighted by molar-refractivity contribution is 6.30. The highest BCUT2D eigenvalue weighted by Crippen LogP contribution is 2.30. The van der Waals surface area contributed by atoms with Crippen LogP contribution >= 0.6 is 11.6 Å². The zero-order valence-corrected chi connectivity index (χ0v) is 20.6.